The van der Waals surface area contributed by atoms with Gasteiger partial charge >= 0.3 is 0 Å². The minimum absolute atomic E-state index is 0.445. The van der Waals surface area contributed by atoms with Crippen molar-refractivity contribution in [3.05, 3.63) is 48.5 Å². The Morgan fingerprint density at radius 2 is 1.48 bits per heavy atom. The Morgan fingerprint density at radius 1 is 0.857 bits per heavy atom. The molecule has 0 bridgehead atoms. The van der Waals surface area contributed by atoms with E-state index < -0.39 is 0 Å². The van der Waals surface area contributed by atoms with E-state index in [4.69, 9.17) is 4.74 Å². The van der Waals surface area contributed by atoms with Crippen molar-refractivity contribution in [2.45, 2.75) is 39.8 Å². The maximum absolute atomic E-state index is 5.41. The van der Waals surface area contributed by atoms with E-state index in [1.165, 1.54) is 16.8 Å². The maximum atomic E-state index is 5.41. The molecular weight excluding hydrogens is 258 g/mol. The molecule has 0 unspecified atom stereocenters. The molecule has 0 aromatic heterocycles. The third-order valence-corrected chi connectivity index (χ3v) is 3.68. The number of nitrogens with zero attached hydrogens (tertiary/aromatic N) is 1. The van der Waals surface area contributed by atoms with Crippen molar-refractivity contribution < 1.29 is 4.74 Å². The summed E-state index contributed by atoms with van der Waals surface area (Å²) in [4.78, 5) is 2.45. The third-order valence-electron chi connectivity index (χ3n) is 3.68. The molecule has 0 aliphatic carbocycles. The lowest BCUT2D eigenvalue weighted by molar-refractivity contribution is 0.415. The monoisotopic (exact) mass is 283 g/mol. The molecule has 0 aliphatic rings. The zero-order valence-corrected chi connectivity index (χ0v) is 13.6. The fraction of sp³-hybridized carbons (Fsp3) is 0.368. The quantitative estimate of drug-likeness (QED) is 0.767. The Balaban J connectivity index is 2.60. The summed E-state index contributed by atoms with van der Waals surface area (Å²) in [5, 5.41) is 0. The summed E-state index contributed by atoms with van der Waals surface area (Å²) in [5.41, 5.74) is 3.70. The Labute approximate surface area is 128 Å². The van der Waals surface area contributed by atoms with Crippen LogP contribution in [0.2, 0.25) is 0 Å². The molecule has 0 atom stereocenters. The molecule has 0 amide bonds. The molecule has 21 heavy (non-hydrogen) atoms. The molecule has 2 aromatic carbocycles. The molecular formula is C19H25NO. The van der Waals surface area contributed by atoms with E-state index in [-0.39, 0.29) is 0 Å². The standard InChI is InChI=1S/C19H25NO/c1-14(2)20(15(3)4)19-12-11-17(21-5)13-18(19)16-9-7-6-8-10-16/h6-15H,1-5H3. The lowest BCUT2D eigenvalue weighted by Gasteiger charge is -2.35. The van der Waals surface area contributed by atoms with Gasteiger partial charge in [0, 0.05) is 23.3 Å². The average molecular weight is 283 g/mol. The SMILES string of the molecule is COc1ccc(N(C(C)C)C(C)C)c(-c2ccccc2)c1. The van der Waals surface area contributed by atoms with Crippen LogP contribution in [-0.2, 0) is 0 Å². The van der Waals surface area contributed by atoms with Crippen LogP contribution in [0.4, 0.5) is 5.69 Å². The van der Waals surface area contributed by atoms with Crippen molar-refractivity contribution in [2.24, 2.45) is 0 Å². The number of benzene rings is 2. The molecule has 0 saturated heterocycles. The zero-order chi connectivity index (χ0) is 15.4. The van der Waals surface area contributed by atoms with Crippen molar-refractivity contribution >= 4 is 5.69 Å². The van der Waals surface area contributed by atoms with Crippen LogP contribution in [0.15, 0.2) is 48.5 Å². The van der Waals surface area contributed by atoms with Gasteiger partial charge in [-0.25, -0.2) is 0 Å². The molecule has 0 saturated carbocycles. The van der Waals surface area contributed by atoms with E-state index in [1.54, 1.807) is 7.11 Å². The van der Waals surface area contributed by atoms with Gasteiger partial charge in [-0.15, -0.1) is 0 Å². The number of hydrogen-bond donors (Lipinski definition) is 0. The molecule has 2 nitrogen and oxygen atoms in total. The van der Waals surface area contributed by atoms with Crippen LogP contribution in [-0.4, -0.2) is 19.2 Å². The van der Waals surface area contributed by atoms with Crippen molar-refractivity contribution in [1.29, 1.82) is 0 Å². The van der Waals surface area contributed by atoms with Crippen LogP contribution in [0.25, 0.3) is 11.1 Å². The highest BCUT2D eigenvalue weighted by Crippen LogP contribution is 2.36. The first kappa shape index (κ1) is 15.4. The summed E-state index contributed by atoms with van der Waals surface area (Å²) in [7, 11) is 1.71. The van der Waals surface area contributed by atoms with Gasteiger partial charge in [0.15, 0.2) is 0 Å². The van der Waals surface area contributed by atoms with E-state index in [0.717, 1.165) is 5.75 Å². The van der Waals surface area contributed by atoms with Gasteiger partial charge in [-0.05, 0) is 51.5 Å². The summed E-state index contributed by atoms with van der Waals surface area (Å²) < 4.78 is 5.41. The van der Waals surface area contributed by atoms with Crippen molar-refractivity contribution in [3.63, 3.8) is 0 Å². The number of anilines is 1. The Bertz CT molecular complexity index is 567. The molecule has 2 heteroatoms. The lowest BCUT2D eigenvalue weighted by atomic mass is 10.0. The predicted octanol–water partition coefficient (Wildman–Crippen LogP) is 4.99. The van der Waals surface area contributed by atoms with E-state index in [1.807, 2.05) is 12.1 Å². The highest BCUT2D eigenvalue weighted by atomic mass is 16.5. The topological polar surface area (TPSA) is 12.5 Å². The molecule has 2 rings (SSSR count). The third kappa shape index (κ3) is 3.38. The molecule has 2 aromatic rings. The molecule has 112 valence electrons. The van der Waals surface area contributed by atoms with Crippen LogP contribution in [0.3, 0.4) is 0 Å². The van der Waals surface area contributed by atoms with Crippen molar-refractivity contribution in [3.8, 4) is 16.9 Å². The molecule has 0 heterocycles. The predicted molar refractivity (Wildman–Crippen MR) is 91.2 cm³/mol. The van der Waals surface area contributed by atoms with Crippen LogP contribution in [0, 0.1) is 0 Å². The molecule has 0 aliphatic heterocycles. The van der Waals surface area contributed by atoms with Crippen LogP contribution < -0.4 is 9.64 Å². The second-order valence-corrected chi connectivity index (χ2v) is 5.84. The molecule has 0 radical (unpaired) electrons. The van der Waals surface area contributed by atoms with Crippen molar-refractivity contribution in [1.82, 2.24) is 0 Å². The Kier molecular flexibility index (Phi) is 4.89. The molecule has 0 N–H and O–H groups in total. The van der Waals surface area contributed by atoms with E-state index >= 15 is 0 Å². The van der Waals surface area contributed by atoms with Gasteiger partial charge in [0.05, 0.1) is 7.11 Å². The zero-order valence-electron chi connectivity index (χ0n) is 13.6. The average Bonchev–Trinajstić information content (AvgIpc) is 2.48. The van der Waals surface area contributed by atoms with Gasteiger partial charge in [0.1, 0.15) is 5.75 Å². The van der Waals surface area contributed by atoms with Crippen molar-refractivity contribution in [2.75, 3.05) is 12.0 Å². The second kappa shape index (κ2) is 6.66. The van der Waals surface area contributed by atoms with Gasteiger partial charge in [-0.1, -0.05) is 30.3 Å². The van der Waals surface area contributed by atoms with Crippen LogP contribution >= 0.6 is 0 Å². The van der Waals surface area contributed by atoms with Crippen LogP contribution in [0.5, 0.6) is 5.75 Å². The number of hydrogen-bond acceptors (Lipinski definition) is 2. The van der Waals surface area contributed by atoms with E-state index in [0.29, 0.717) is 12.1 Å². The fourth-order valence-corrected chi connectivity index (χ4v) is 2.87. The first-order valence-corrected chi connectivity index (χ1v) is 7.56. The van der Waals surface area contributed by atoms with Gasteiger partial charge in [-0.2, -0.15) is 0 Å². The van der Waals surface area contributed by atoms with E-state index in [2.05, 4.69) is 69.0 Å². The number of rotatable bonds is 5. The molecule has 0 spiro atoms. The normalized spacial score (nSPS) is 11.0. The van der Waals surface area contributed by atoms with Gasteiger partial charge in [-0.3, -0.25) is 0 Å². The number of ether oxygens (including phenoxy) is 1. The maximum Gasteiger partial charge on any atom is 0.119 e. The summed E-state index contributed by atoms with van der Waals surface area (Å²) in [5.74, 6) is 0.894. The summed E-state index contributed by atoms with van der Waals surface area (Å²) in [6.07, 6.45) is 0. The Hall–Kier alpha value is -1.96. The van der Waals surface area contributed by atoms with Gasteiger partial charge in [0.25, 0.3) is 0 Å². The minimum Gasteiger partial charge on any atom is -0.497 e. The summed E-state index contributed by atoms with van der Waals surface area (Å²) in [6, 6.07) is 17.7. The Morgan fingerprint density at radius 3 is 2.00 bits per heavy atom. The largest absolute Gasteiger partial charge is 0.497 e. The first-order valence-electron chi connectivity index (χ1n) is 7.56. The summed E-state index contributed by atoms with van der Waals surface area (Å²) in [6.45, 7) is 8.94. The fourth-order valence-electron chi connectivity index (χ4n) is 2.87. The summed E-state index contributed by atoms with van der Waals surface area (Å²) >= 11 is 0. The second-order valence-electron chi connectivity index (χ2n) is 5.84. The van der Waals surface area contributed by atoms with Gasteiger partial charge < -0.3 is 9.64 Å². The van der Waals surface area contributed by atoms with Gasteiger partial charge in [0.2, 0.25) is 0 Å². The highest BCUT2D eigenvalue weighted by Gasteiger charge is 2.18. The minimum atomic E-state index is 0.445. The number of methoxy groups -OCH3 is 1. The highest BCUT2D eigenvalue weighted by molar-refractivity contribution is 5.80. The first-order chi connectivity index (χ1) is 10.0. The smallest absolute Gasteiger partial charge is 0.119 e. The molecule has 0 fully saturated rings. The van der Waals surface area contributed by atoms with E-state index in [9.17, 15) is 0 Å². The lowest BCUT2D eigenvalue weighted by Crippen LogP contribution is -2.37. The van der Waals surface area contributed by atoms with Crippen LogP contribution in [0.1, 0.15) is 27.7 Å².